The molecule has 82 valence electrons. The van der Waals surface area contributed by atoms with E-state index >= 15 is 0 Å². The molecule has 0 spiro atoms. The first-order valence-electron chi connectivity index (χ1n) is 4.92. The normalized spacial score (nSPS) is 20.4. The van der Waals surface area contributed by atoms with E-state index in [9.17, 15) is 4.79 Å². The maximum Gasteiger partial charge on any atom is 0.237 e. The van der Waals surface area contributed by atoms with Crippen LogP contribution in [0.25, 0.3) is 0 Å². The largest absolute Gasteiger partial charge is 0.354 e. The SMILES string of the molecule is CC(Cl)C(=O)NCCN1CCSCC1. The Hall–Kier alpha value is 0.0700. The Labute approximate surface area is 94.6 Å². The molecule has 5 heteroatoms. The van der Waals surface area contributed by atoms with Crippen molar-refractivity contribution in [1.29, 1.82) is 0 Å². The first-order chi connectivity index (χ1) is 6.70. The number of nitrogens with zero attached hydrogens (tertiary/aromatic N) is 1. The maximum atomic E-state index is 11.1. The third kappa shape index (κ3) is 4.53. The van der Waals surface area contributed by atoms with Crippen molar-refractivity contribution in [2.24, 2.45) is 0 Å². The van der Waals surface area contributed by atoms with Gasteiger partial charge in [-0.3, -0.25) is 9.69 Å². The van der Waals surface area contributed by atoms with Crippen molar-refractivity contribution in [3.63, 3.8) is 0 Å². The zero-order valence-corrected chi connectivity index (χ0v) is 10.0. The van der Waals surface area contributed by atoms with E-state index in [1.54, 1.807) is 6.92 Å². The van der Waals surface area contributed by atoms with Crippen LogP contribution in [0.2, 0.25) is 0 Å². The number of amides is 1. The maximum absolute atomic E-state index is 11.1. The Balaban J connectivity index is 2.05. The van der Waals surface area contributed by atoms with Gasteiger partial charge in [0.2, 0.25) is 5.91 Å². The highest BCUT2D eigenvalue weighted by molar-refractivity contribution is 7.99. The molecule has 0 aromatic rings. The Kier molecular flexibility index (Phi) is 5.67. The Morgan fingerprint density at radius 1 is 1.57 bits per heavy atom. The minimum atomic E-state index is -0.424. The number of hydrogen-bond donors (Lipinski definition) is 1. The van der Waals surface area contributed by atoms with Gasteiger partial charge in [-0.2, -0.15) is 11.8 Å². The second-order valence-corrected chi connectivity index (χ2v) is 5.24. The molecule has 3 nitrogen and oxygen atoms in total. The molecular formula is C9H17ClN2OS. The third-order valence-corrected chi connectivity index (χ3v) is 3.33. The van der Waals surface area contributed by atoms with E-state index in [-0.39, 0.29) is 5.91 Å². The average Bonchev–Trinajstić information content (AvgIpc) is 2.19. The average molecular weight is 237 g/mol. The molecule has 14 heavy (non-hydrogen) atoms. The standard InChI is InChI=1S/C9H17ClN2OS/c1-8(10)9(13)11-2-3-12-4-6-14-7-5-12/h8H,2-7H2,1H3,(H,11,13). The lowest BCUT2D eigenvalue weighted by Gasteiger charge is -2.26. The summed E-state index contributed by atoms with van der Waals surface area (Å²) < 4.78 is 0. The Bertz CT molecular complexity index is 184. The molecule has 1 atom stereocenters. The number of carbonyl (C=O) groups excluding carboxylic acids is 1. The molecule has 0 bridgehead atoms. The summed E-state index contributed by atoms with van der Waals surface area (Å²) >= 11 is 7.61. The van der Waals surface area contributed by atoms with Crippen molar-refractivity contribution in [2.75, 3.05) is 37.7 Å². The highest BCUT2D eigenvalue weighted by atomic mass is 35.5. The molecule has 0 radical (unpaired) electrons. The van der Waals surface area contributed by atoms with Crippen LogP contribution < -0.4 is 5.32 Å². The van der Waals surface area contributed by atoms with Crippen molar-refractivity contribution in [3.05, 3.63) is 0 Å². The first-order valence-corrected chi connectivity index (χ1v) is 6.51. The van der Waals surface area contributed by atoms with Gasteiger partial charge in [-0.1, -0.05) is 0 Å². The lowest BCUT2D eigenvalue weighted by atomic mass is 10.4. The smallest absolute Gasteiger partial charge is 0.237 e. The van der Waals surface area contributed by atoms with Crippen LogP contribution in [0, 0.1) is 0 Å². The molecule has 0 saturated carbocycles. The predicted molar refractivity (Wildman–Crippen MR) is 62.1 cm³/mol. The first kappa shape index (κ1) is 12.1. The highest BCUT2D eigenvalue weighted by Crippen LogP contribution is 2.07. The Morgan fingerprint density at radius 3 is 2.79 bits per heavy atom. The number of thioether (sulfide) groups is 1. The van der Waals surface area contributed by atoms with Crippen molar-refractivity contribution in [1.82, 2.24) is 10.2 Å². The van der Waals surface area contributed by atoms with Crippen molar-refractivity contribution < 1.29 is 4.79 Å². The Morgan fingerprint density at radius 2 is 2.21 bits per heavy atom. The van der Waals surface area contributed by atoms with Crippen LogP contribution in [-0.4, -0.2) is 53.9 Å². The fourth-order valence-electron chi connectivity index (χ4n) is 1.30. The fourth-order valence-corrected chi connectivity index (χ4v) is 2.36. The minimum Gasteiger partial charge on any atom is -0.354 e. The van der Waals surface area contributed by atoms with Gasteiger partial charge in [0.15, 0.2) is 0 Å². The van der Waals surface area contributed by atoms with Crippen LogP contribution in [-0.2, 0) is 4.79 Å². The van der Waals surface area contributed by atoms with Gasteiger partial charge >= 0.3 is 0 Å². The van der Waals surface area contributed by atoms with Gasteiger partial charge in [-0.05, 0) is 6.92 Å². The summed E-state index contributed by atoms with van der Waals surface area (Å²) in [5.41, 5.74) is 0. The number of hydrogen-bond acceptors (Lipinski definition) is 3. The molecule has 0 aromatic carbocycles. The van der Waals surface area contributed by atoms with E-state index < -0.39 is 5.38 Å². The van der Waals surface area contributed by atoms with Crippen LogP contribution in [0.15, 0.2) is 0 Å². The second kappa shape index (κ2) is 6.53. The molecule has 1 unspecified atom stereocenters. The van der Waals surface area contributed by atoms with Crippen LogP contribution >= 0.6 is 23.4 Å². The topological polar surface area (TPSA) is 32.3 Å². The summed E-state index contributed by atoms with van der Waals surface area (Å²) in [6.45, 7) is 5.61. The van der Waals surface area contributed by atoms with Crippen LogP contribution in [0.5, 0.6) is 0 Å². The quantitative estimate of drug-likeness (QED) is 0.733. The van der Waals surface area contributed by atoms with Crippen molar-refractivity contribution >= 4 is 29.3 Å². The predicted octanol–water partition coefficient (Wildman–Crippen LogP) is 0.779. The fraction of sp³-hybridized carbons (Fsp3) is 0.889. The summed E-state index contributed by atoms with van der Waals surface area (Å²) in [5.74, 6) is 2.35. The van der Waals surface area contributed by atoms with Gasteiger partial charge in [0.25, 0.3) is 0 Å². The summed E-state index contributed by atoms with van der Waals surface area (Å²) in [4.78, 5) is 13.5. The van der Waals surface area contributed by atoms with Crippen molar-refractivity contribution in [2.45, 2.75) is 12.3 Å². The van der Waals surface area contributed by atoms with Crippen LogP contribution in [0.1, 0.15) is 6.92 Å². The molecule has 1 saturated heterocycles. The van der Waals surface area contributed by atoms with E-state index in [4.69, 9.17) is 11.6 Å². The monoisotopic (exact) mass is 236 g/mol. The molecular weight excluding hydrogens is 220 g/mol. The van der Waals surface area contributed by atoms with Gasteiger partial charge < -0.3 is 5.32 Å². The number of nitrogens with one attached hydrogen (secondary N) is 1. The molecule has 1 rings (SSSR count). The number of halogens is 1. The van der Waals surface area contributed by atoms with Crippen molar-refractivity contribution in [3.8, 4) is 0 Å². The van der Waals surface area contributed by atoms with E-state index in [0.717, 1.165) is 19.6 Å². The van der Waals surface area contributed by atoms with Gasteiger partial charge in [-0.25, -0.2) is 0 Å². The zero-order chi connectivity index (χ0) is 10.4. The van der Waals surface area contributed by atoms with Gasteiger partial charge in [-0.15, -0.1) is 11.6 Å². The van der Waals surface area contributed by atoms with Gasteiger partial charge in [0, 0.05) is 37.7 Å². The highest BCUT2D eigenvalue weighted by Gasteiger charge is 2.11. The lowest BCUT2D eigenvalue weighted by Crippen LogP contribution is -2.40. The number of carbonyl (C=O) groups is 1. The minimum absolute atomic E-state index is 0.0712. The molecule has 0 aliphatic carbocycles. The molecule has 1 fully saturated rings. The van der Waals surface area contributed by atoms with Crippen LogP contribution in [0.3, 0.4) is 0 Å². The molecule has 1 N–H and O–H groups in total. The zero-order valence-electron chi connectivity index (χ0n) is 8.46. The number of alkyl halides is 1. The summed E-state index contributed by atoms with van der Waals surface area (Å²) in [5, 5.41) is 2.39. The van der Waals surface area contributed by atoms with Gasteiger partial charge in [0.05, 0.1) is 0 Å². The molecule has 1 heterocycles. The summed E-state index contributed by atoms with van der Waals surface area (Å²) in [7, 11) is 0. The van der Waals surface area contributed by atoms with E-state index in [2.05, 4.69) is 10.2 Å². The molecule has 0 aromatic heterocycles. The summed E-state index contributed by atoms with van der Waals surface area (Å²) in [6, 6.07) is 0. The van der Waals surface area contributed by atoms with Gasteiger partial charge in [0.1, 0.15) is 5.38 Å². The lowest BCUT2D eigenvalue weighted by molar-refractivity contribution is -0.120. The molecule has 1 aliphatic rings. The molecule has 1 aliphatic heterocycles. The third-order valence-electron chi connectivity index (χ3n) is 2.19. The number of rotatable bonds is 4. The van der Waals surface area contributed by atoms with E-state index in [1.165, 1.54) is 11.5 Å². The van der Waals surface area contributed by atoms with E-state index in [0.29, 0.717) is 6.54 Å². The van der Waals surface area contributed by atoms with E-state index in [1.807, 2.05) is 11.8 Å². The molecule has 1 amide bonds. The second-order valence-electron chi connectivity index (χ2n) is 3.36. The van der Waals surface area contributed by atoms with Crippen LogP contribution in [0.4, 0.5) is 0 Å². The summed E-state index contributed by atoms with van der Waals surface area (Å²) in [6.07, 6.45) is 0.